The number of nitrogens with one attached hydrogen (secondary N) is 1. The van der Waals surface area contributed by atoms with Crippen LogP contribution in [0.1, 0.15) is 0 Å². The number of nitro benzene ring substituents is 1. The standard InChI is InChI=1S/C18H13N3O4/c1-24-15-7-6-11(21(22)23)10-12(15)16-8-9-17(25-16)18-19-13-4-2-3-5-14(13)20-18/h2-10H,1H3,(H,19,20). The number of methoxy groups -OCH3 is 1. The summed E-state index contributed by atoms with van der Waals surface area (Å²) < 4.78 is 11.2. The summed E-state index contributed by atoms with van der Waals surface area (Å²) in [6.07, 6.45) is 0. The molecule has 0 saturated carbocycles. The number of H-pyrrole nitrogens is 1. The van der Waals surface area contributed by atoms with Gasteiger partial charge >= 0.3 is 0 Å². The minimum Gasteiger partial charge on any atom is -0.496 e. The molecule has 0 saturated heterocycles. The number of aromatic nitrogens is 2. The number of imidazole rings is 1. The lowest BCUT2D eigenvalue weighted by Crippen LogP contribution is -1.91. The quantitative estimate of drug-likeness (QED) is 0.440. The predicted octanol–water partition coefficient (Wildman–Crippen LogP) is 4.41. The molecule has 0 aliphatic carbocycles. The number of furan rings is 1. The normalized spacial score (nSPS) is 10.9. The number of para-hydroxylation sites is 2. The molecule has 0 unspecified atom stereocenters. The Bertz CT molecular complexity index is 1050. The van der Waals surface area contributed by atoms with Crippen LogP contribution >= 0.6 is 0 Å². The highest BCUT2D eigenvalue weighted by molar-refractivity contribution is 5.79. The first-order valence-corrected chi connectivity index (χ1v) is 7.53. The zero-order valence-corrected chi connectivity index (χ0v) is 13.2. The van der Waals surface area contributed by atoms with Gasteiger partial charge in [-0.15, -0.1) is 0 Å². The van der Waals surface area contributed by atoms with Crippen LogP contribution in [0, 0.1) is 10.1 Å². The zero-order valence-electron chi connectivity index (χ0n) is 13.2. The number of hydrogen-bond donors (Lipinski definition) is 1. The van der Waals surface area contributed by atoms with E-state index in [1.165, 1.54) is 19.2 Å². The Hall–Kier alpha value is -3.61. The molecule has 0 spiro atoms. The monoisotopic (exact) mass is 335 g/mol. The Morgan fingerprint density at radius 2 is 1.92 bits per heavy atom. The lowest BCUT2D eigenvalue weighted by Gasteiger charge is -2.05. The van der Waals surface area contributed by atoms with Gasteiger partial charge in [0.15, 0.2) is 11.6 Å². The minimum absolute atomic E-state index is 0.0301. The number of nitro groups is 1. The number of non-ortho nitro benzene ring substituents is 1. The molecule has 4 aromatic rings. The molecule has 0 fully saturated rings. The van der Waals surface area contributed by atoms with Crippen LogP contribution in [0.4, 0.5) is 5.69 Å². The first-order valence-electron chi connectivity index (χ1n) is 7.53. The molecule has 1 N–H and O–H groups in total. The third-order valence-electron chi connectivity index (χ3n) is 3.89. The van der Waals surface area contributed by atoms with Crippen LogP contribution in [0.2, 0.25) is 0 Å². The van der Waals surface area contributed by atoms with Crippen molar-refractivity contribution in [2.24, 2.45) is 0 Å². The Morgan fingerprint density at radius 3 is 2.68 bits per heavy atom. The summed E-state index contributed by atoms with van der Waals surface area (Å²) in [5, 5.41) is 11.0. The third kappa shape index (κ3) is 2.61. The van der Waals surface area contributed by atoms with Gasteiger partial charge in [-0.2, -0.15) is 0 Å². The summed E-state index contributed by atoms with van der Waals surface area (Å²) in [5.74, 6) is 2.10. The van der Waals surface area contributed by atoms with Crippen LogP contribution in [0.5, 0.6) is 5.75 Å². The molecular formula is C18H13N3O4. The number of fused-ring (bicyclic) bond motifs is 1. The Kier molecular flexibility index (Phi) is 3.46. The van der Waals surface area contributed by atoms with Crippen molar-refractivity contribution in [3.63, 3.8) is 0 Å². The van der Waals surface area contributed by atoms with Gasteiger partial charge < -0.3 is 14.1 Å². The van der Waals surface area contributed by atoms with Gasteiger partial charge in [-0.3, -0.25) is 10.1 Å². The van der Waals surface area contributed by atoms with Crippen LogP contribution in [0.25, 0.3) is 33.9 Å². The van der Waals surface area contributed by atoms with Crippen molar-refractivity contribution in [3.8, 4) is 28.7 Å². The number of ether oxygens (including phenoxy) is 1. The fraction of sp³-hybridized carbons (Fsp3) is 0.0556. The minimum atomic E-state index is -0.452. The highest BCUT2D eigenvalue weighted by Gasteiger charge is 2.17. The molecule has 2 heterocycles. The molecule has 2 aromatic heterocycles. The SMILES string of the molecule is COc1ccc([N+](=O)[O-])cc1-c1ccc(-c2nc3ccccc3[nH]2)o1. The first-order chi connectivity index (χ1) is 12.2. The molecule has 0 amide bonds. The second kappa shape index (κ2) is 5.79. The summed E-state index contributed by atoms with van der Waals surface area (Å²) in [5.41, 5.74) is 2.23. The fourth-order valence-electron chi connectivity index (χ4n) is 2.68. The van der Waals surface area contributed by atoms with E-state index in [4.69, 9.17) is 9.15 Å². The highest BCUT2D eigenvalue weighted by atomic mass is 16.6. The Morgan fingerprint density at radius 1 is 1.12 bits per heavy atom. The molecular weight excluding hydrogens is 322 g/mol. The fourth-order valence-corrected chi connectivity index (χ4v) is 2.68. The summed E-state index contributed by atoms with van der Waals surface area (Å²) in [6.45, 7) is 0. The van der Waals surface area contributed by atoms with E-state index in [1.807, 2.05) is 24.3 Å². The average Bonchev–Trinajstić information content (AvgIpc) is 3.27. The molecule has 7 heteroatoms. The van der Waals surface area contributed by atoms with Gasteiger partial charge in [-0.25, -0.2) is 4.98 Å². The molecule has 0 aliphatic rings. The summed E-state index contributed by atoms with van der Waals surface area (Å²) in [7, 11) is 1.51. The lowest BCUT2D eigenvalue weighted by atomic mass is 10.1. The van der Waals surface area contributed by atoms with Crippen LogP contribution in [0.3, 0.4) is 0 Å². The Balaban J connectivity index is 1.78. The molecule has 0 radical (unpaired) electrons. The van der Waals surface area contributed by atoms with Crippen molar-refractivity contribution >= 4 is 16.7 Å². The van der Waals surface area contributed by atoms with Crippen molar-refractivity contribution in [2.75, 3.05) is 7.11 Å². The van der Waals surface area contributed by atoms with E-state index >= 15 is 0 Å². The molecule has 0 aliphatic heterocycles. The zero-order chi connectivity index (χ0) is 17.4. The van der Waals surface area contributed by atoms with Crippen molar-refractivity contribution in [2.45, 2.75) is 0 Å². The largest absolute Gasteiger partial charge is 0.496 e. The number of nitrogens with zero attached hydrogens (tertiary/aromatic N) is 2. The number of rotatable bonds is 4. The summed E-state index contributed by atoms with van der Waals surface area (Å²) >= 11 is 0. The number of hydrogen-bond acceptors (Lipinski definition) is 5. The number of benzene rings is 2. The van der Waals surface area contributed by atoms with Gasteiger partial charge in [0.2, 0.25) is 0 Å². The average molecular weight is 335 g/mol. The van der Waals surface area contributed by atoms with Crippen molar-refractivity contribution in [3.05, 3.63) is 64.7 Å². The van der Waals surface area contributed by atoms with E-state index in [2.05, 4.69) is 9.97 Å². The molecule has 124 valence electrons. The number of aromatic amines is 1. The van der Waals surface area contributed by atoms with Crippen LogP contribution in [0.15, 0.2) is 59.0 Å². The third-order valence-corrected chi connectivity index (χ3v) is 3.89. The molecule has 0 bridgehead atoms. The lowest BCUT2D eigenvalue weighted by molar-refractivity contribution is -0.384. The second-order valence-corrected chi connectivity index (χ2v) is 5.41. The molecule has 4 rings (SSSR count). The van der Waals surface area contributed by atoms with Gasteiger partial charge in [0.1, 0.15) is 11.5 Å². The maximum Gasteiger partial charge on any atom is 0.270 e. The highest BCUT2D eigenvalue weighted by Crippen LogP contribution is 2.36. The van der Waals surface area contributed by atoms with Gasteiger partial charge in [-0.05, 0) is 30.3 Å². The van der Waals surface area contributed by atoms with Gasteiger partial charge in [-0.1, -0.05) is 12.1 Å². The predicted molar refractivity (Wildman–Crippen MR) is 92.4 cm³/mol. The molecule has 7 nitrogen and oxygen atoms in total. The topological polar surface area (TPSA) is 94.2 Å². The van der Waals surface area contributed by atoms with E-state index in [1.54, 1.807) is 18.2 Å². The van der Waals surface area contributed by atoms with Crippen molar-refractivity contribution in [1.82, 2.24) is 9.97 Å². The van der Waals surface area contributed by atoms with Crippen molar-refractivity contribution < 1.29 is 14.1 Å². The summed E-state index contributed by atoms with van der Waals surface area (Å²) in [6, 6.07) is 15.6. The molecule has 0 atom stereocenters. The maximum absolute atomic E-state index is 11.0. The van der Waals surface area contributed by atoms with Gasteiger partial charge in [0, 0.05) is 12.1 Å². The van der Waals surface area contributed by atoms with E-state index in [9.17, 15) is 10.1 Å². The maximum atomic E-state index is 11.0. The van der Waals surface area contributed by atoms with Crippen LogP contribution < -0.4 is 4.74 Å². The van der Waals surface area contributed by atoms with E-state index < -0.39 is 4.92 Å². The van der Waals surface area contributed by atoms with Gasteiger partial charge in [0.05, 0.1) is 28.6 Å². The van der Waals surface area contributed by atoms with E-state index in [0.717, 1.165) is 11.0 Å². The van der Waals surface area contributed by atoms with E-state index in [-0.39, 0.29) is 5.69 Å². The first kappa shape index (κ1) is 14.9. The molecule has 2 aromatic carbocycles. The van der Waals surface area contributed by atoms with E-state index in [0.29, 0.717) is 28.7 Å². The smallest absolute Gasteiger partial charge is 0.270 e. The van der Waals surface area contributed by atoms with Crippen molar-refractivity contribution in [1.29, 1.82) is 0 Å². The van der Waals surface area contributed by atoms with Crippen LogP contribution in [-0.4, -0.2) is 22.0 Å². The second-order valence-electron chi connectivity index (χ2n) is 5.41. The van der Waals surface area contributed by atoms with Gasteiger partial charge in [0.25, 0.3) is 5.69 Å². The molecule has 25 heavy (non-hydrogen) atoms. The Labute approximate surface area is 142 Å². The van der Waals surface area contributed by atoms with Crippen LogP contribution in [-0.2, 0) is 0 Å². The summed E-state index contributed by atoms with van der Waals surface area (Å²) in [4.78, 5) is 18.3.